The molecule has 1 aromatic carbocycles. The number of halogens is 1. The summed E-state index contributed by atoms with van der Waals surface area (Å²) in [6.45, 7) is 2.16. The number of benzene rings is 1. The lowest BCUT2D eigenvalue weighted by Crippen LogP contribution is -2.29. The number of hydrogen-bond donors (Lipinski definition) is 2. The normalized spacial score (nSPS) is 19.6. The summed E-state index contributed by atoms with van der Waals surface area (Å²) in [4.78, 5) is 24.0. The number of pyridine rings is 2. The summed E-state index contributed by atoms with van der Waals surface area (Å²) >= 11 is 0. The smallest absolute Gasteiger partial charge is 0.260 e. The van der Waals surface area contributed by atoms with Crippen molar-refractivity contribution >= 4 is 17.5 Å². The number of aryl methyl sites for hydroxylation is 1. The molecule has 0 bridgehead atoms. The van der Waals surface area contributed by atoms with Gasteiger partial charge in [-0.3, -0.25) is 14.7 Å². The Hall–Kier alpha value is -3.52. The molecule has 0 radical (unpaired) electrons. The maximum absolute atomic E-state index is 14.8. The highest BCUT2D eigenvalue weighted by Crippen LogP contribution is 2.38. The Kier molecular flexibility index (Phi) is 5.46. The number of aromatic nitrogens is 2. The Morgan fingerprint density at radius 1 is 1.24 bits per heavy atom. The Labute approximate surface area is 191 Å². The summed E-state index contributed by atoms with van der Waals surface area (Å²) in [5.41, 5.74) is 2.66. The van der Waals surface area contributed by atoms with Crippen molar-refractivity contribution in [3.8, 4) is 17.0 Å². The monoisotopic (exact) mass is 448 g/mol. The van der Waals surface area contributed by atoms with Crippen molar-refractivity contribution in [3.63, 3.8) is 0 Å². The predicted octanol–water partition coefficient (Wildman–Crippen LogP) is 4.09. The van der Waals surface area contributed by atoms with Gasteiger partial charge in [-0.2, -0.15) is 0 Å². The summed E-state index contributed by atoms with van der Waals surface area (Å²) in [5.74, 6) is 0.800. The van der Waals surface area contributed by atoms with Crippen molar-refractivity contribution in [2.45, 2.75) is 44.9 Å². The second kappa shape index (κ2) is 8.44. The van der Waals surface area contributed by atoms with Crippen LogP contribution in [-0.2, 0) is 6.54 Å². The molecule has 2 atom stereocenters. The van der Waals surface area contributed by atoms with Crippen molar-refractivity contribution in [3.05, 3.63) is 65.1 Å². The van der Waals surface area contributed by atoms with Gasteiger partial charge in [-0.1, -0.05) is 6.07 Å². The SMILES string of the molecule is COc1cccc(F)c1-c1nccc2c1CN(c1cc(C)cc(N[C@@H]3CCC[C@H]3O)n1)C2=O. The van der Waals surface area contributed by atoms with Crippen molar-refractivity contribution < 1.29 is 19.0 Å². The number of nitrogens with zero attached hydrogens (tertiary/aromatic N) is 3. The van der Waals surface area contributed by atoms with E-state index in [4.69, 9.17) is 4.74 Å². The molecular formula is C25H25FN4O3. The highest BCUT2D eigenvalue weighted by Gasteiger charge is 2.34. The van der Waals surface area contributed by atoms with Crippen LogP contribution < -0.4 is 15.0 Å². The summed E-state index contributed by atoms with van der Waals surface area (Å²) in [7, 11) is 1.48. The van der Waals surface area contributed by atoms with Crippen molar-refractivity contribution in [1.82, 2.24) is 9.97 Å². The van der Waals surface area contributed by atoms with Gasteiger partial charge in [0.1, 0.15) is 23.2 Å². The molecule has 0 saturated heterocycles. The van der Waals surface area contributed by atoms with Crippen LogP contribution in [0.3, 0.4) is 0 Å². The molecule has 3 heterocycles. The number of hydrogen-bond acceptors (Lipinski definition) is 6. The average Bonchev–Trinajstić information content (AvgIpc) is 3.36. The van der Waals surface area contributed by atoms with E-state index in [1.54, 1.807) is 23.1 Å². The zero-order valence-corrected chi connectivity index (χ0v) is 18.5. The topological polar surface area (TPSA) is 87.6 Å². The van der Waals surface area contributed by atoms with E-state index >= 15 is 0 Å². The molecule has 3 aromatic rings. The maximum atomic E-state index is 14.8. The molecule has 0 unspecified atom stereocenters. The number of ether oxygens (including phenoxy) is 1. The first-order chi connectivity index (χ1) is 16.0. The minimum atomic E-state index is -0.462. The van der Waals surface area contributed by atoms with Crippen molar-refractivity contribution in [2.24, 2.45) is 0 Å². The number of amides is 1. The minimum Gasteiger partial charge on any atom is -0.496 e. The molecule has 1 amide bonds. The number of anilines is 2. The lowest BCUT2D eigenvalue weighted by molar-refractivity contribution is 0.0996. The van der Waals surface area contributed by atoms with Crippen molar-refractivity contribution in [1.29, 1.82) is 0 Å². The predicted molar refractivity (Wildman–Crippen MR) is 123 cm³/mol. The second-order valence-corrected chi connectivity index (χ2v) is 8.53. The Morgan fingerprint density at radius 2 is 2.09 bits per heavy atom. The van der Waals surface area contributed by atoms with Gasteiger partial charge in [0.25, 0.3) is 5.91 Å². The fourth-order valence-corrected chi connectivity index (χ4v) is 4.69. The van der Waals surface area contributed by atoms with Crippen LogP contribution in [0.15, 0.2) is 42.6 Å². The summed E-state index contributed by atoms with van der Waals surface area (Å²) < 4.78 is 20.1. The van der Waals surface area contributed by atoms with Crippen LogP contribution in [0.25, 0.3) is 11.3 Å². The first kappa shape index (κ1) is 21.3. The molecule has 1 saturated carbocycles. The zero-order chi connectivity index (χ0) is 23.1. The number of carbonyl (C=O) groups excluding carboxylic acids is 1. The van der Waals surface area contributed by atoms with E-state index in [0.29, 0.717) is 34.2 Å². The van der Waals surface area contributed by atoms with Crippen LogP contribution >= 0.6 is 0 Å². The number of methoxy groups -OCH3 is 1. The maximum Gasteiger partial charge on any atom is 0.260 e. The highest BCUT2D eigenvalue weighted by atomic mass is 19.1. The fraction of sp³-hybridized carbons (Fsp3) is 0.320. The summed E-state index contributed by atoms with van der Waals surface area (Å²) in [6.07, 6.45) is 3.72. The lowest BCUT2D eigenvalue weighted by atomic mass is 10.0. The number of carbonyl (C=O) groups is 1. The van der Waals surface area contributed by atoms with Gasteiger partial charge in [0.05, 0.1) is 37.1 Å². The number of fused-ring (bicyclic) bond motifs is 1. The third-order valence-electron chi connectivity index (χ3n) is 6.33. The van der Waals surface area contributed by atoms with Gasteiger partial charge in [0.15, 0.2) is 0 Å². The summed E-state index contributed by atoms with van der Waals surface area (Å²) in [5, 5.41) is 13.5. The number of rotatable bonds is 5. The quantitative estimate of drug-likeness (QED) is 0.612. The van der Waals surface area contributed by atoms with Crippen LogP contribution in [0.4, 0.5) is 16.0 Å². The van der Waals surface area contributed by atoms with E-state index in [1.165, 1.54) is 19.4 Å². The van der Waals surface area contributed by atoms with Crippen LogP contribution in [0, 0.1) is 12.7 Å². The largest absolute Gasteiger partial charge is 0.496 e. The van der Waals surface area contributed by atoms with Gasteiger partial charge in [0.2, 0.25) is 0 Å². The van der Waals surface area contributed by atoms with Gasteiger partial charge < -0.3 is 15.2 Å². The minimum absolute atomic E-state index is 0.0528. The molecule has 2 aliphatic rings. The standard InChI is InChI=1S/C25H25FN4O3/c1-14-11-21(28-18-6-4-7-19(18)31)29-22(12-14)30-13-16-15(25(30)32)9-10-27-24(16)23-17(26)5-3-8-20(23)33-2/h3,5,8-12,18-19,31H,4,6-7,13H2,1-2H3,(H,28,29)/t18-,19-/m1/s1. The Morgan fingerprint density at radius 3 is 2.85 bits per heavy atom. The molecule has 1 fully saturated rings. The molecule has 1 aliphatic heterocycles. The molecule has 7 nitrogen and oxygen atoms in total. The highest BCUT2D eigenvalue weighted by molar-refractivity contribution is 6.10. The number of nitrogens with one attached hydrogen (secondary N) is 1. The van der Waals surface area contributed by atoms with Crippen LogP contribution in [0.1, 0.15) is 40.7 Å². The van der Waals surface area contributed by atoms with Crippen molar-refractivity contribution in [2.75, 3.05) is 17.3 Å². The average molecular weight is 448 g/mol. The molecule has 5 rings (SSSR count). The van der Waals surface area contributed by atoms with E-state index in [1.807, 2.05) is 19.1 Å². The molecule has 170 valence electrons. The lowest BCUT2D eigenvalue weighted by Gasteiger charge is -2.20. The summed E-state index contributed by atoms with van der Waals surface area (Å²) in [6, 6.07) is 9.94. The van der Waals surface area contributed by atoms with Crippen LogP contribution in [0.5, 0.6) is 5.75 Å². The van der Waals surface area contributed by atoms with E-state index in [0.717, 1.165) is 24.8 Å². The van der Waals surface area contributed by atoms with E-state index < -0.39 is 11.9 Å². The first-order valence-corrected chi connectivity index (χ1v) is 11.0. The van der Waals surface area contributed by atoms with Gasteiger partial charge >= 0.3 is 0 Å². The van der Waals surface area contributed by atoms with Gasteiger partial charge in [-0.25, -0.2) is 9.37 Å². The third-order valence-corrected chi connectivity index (χ3v) is 6.33. The number of aliphatic hydroxyl groups is 1. The van der Waals surface area contributed by atoms with E-state index in [9.17, 15) is 14.3 Å². The van der Waals surface area contributed by atoms with Crippen LogP contribution in [0.2, 0.25) is 0 Å². The van der Waals surface area contributed by atoms with E-state index in [2.05, 4.69) is 15.3 Å². The first-order valence-electron chi connectivity index (χ1n) is 11.0. The third kappa shape index (κ3) is 3.80. The van der Waals surface area contributed by atoms with Gasteiger partial charge in [0, 0.05) is 17.3 Å². The van der Waals surface area contributed by atoms with Crippen LogP contribution in [-0.4, -0.2) is 40.2 Å². The fourth-order valence-electron chi connectivity index (χ4n) is 4.69. The molecule has 8 heteroatoms. The molecule has 2 N–H and O–H groups in total. The zero-order valence-electron chi connectivity index (χ0n) is 18.5. The molecule has 1 aliphatic carbocycles. The van der Waals surface area contributed by atoms with Gasteiger partial charge in [-0.05, 0) is 62.1 Å². The number of aliphatic hydroxyl groups excluding tert-OH is 1. The Balaban J connectivity index is 1.51. The molecular weight excluding hydrogens is 423 g/mol. The molecule has 33 heavy (non-hydrogen) atoms. The van der Waals surface area contributed by atoms with Gasteiger partial charge in [-0.15, -0.1) is 0 Å². The second-order valence-electron chi connectivity index (χ2n) is 8.53. The van der Waals surface area contributed by atoms with E-state index in [-0.39, 0.29) is 24.1 Å². The molecule has 0 spiro atoms. The molecule has 2 aromatic heterocycles. The Bertz CT molecular complexity index is 1230.